The second-order valence-electron chi connectivity index (χ2n) is 10.2. The summed E-state index contributed by atoms with van der Waals surface area (Å²) < 4.78 is 13.3. The fourth-order valence-electron chi connectivity index (χ4n) is 4.85. The van der Waals surface area contributed by atoms with Crippen molar-refractivity contribution in [3.63, 3.8) is 0 Å². The molecule has 0 saturated carbocycles. The topological polar surface area (TPSA) is 97.1 Å². The first kappa shape index (κ1) is 28.6. The molecule has 1 fully saturated rings. The Kier molecular flexibility index (Phi) is 8.87. The van der Waals surface area contributed by atoms with Gasteiger partial charge in [0.25, 0.3) is 11.5 Å². The molecule has 0 bridgehead atoms. The van der Waals surface area contributed by atoms with E-state index in [2.05, 4.69) is 4.90 Å². The molecule has 10 heteroatoms. The van der Waals surface area contributed by atoms with E-state index in [-0.39, 0.29) is 30.8 Å². The summed E-state index contributed by atoms with van der Waals surface area (Å²) in [5.74, 6) is 1.67. The van der Waals surface area contributed by atoms with E-state index in [1.165, 1.54) is 0 Å². The second-order valence-corrected chi connectivity index (χ2v) is 10.6. The molecular formula is C31H33ClN4O5. The van der Waals surface area contributed by atoms with Crippen molar-refractivity contribution in [1.82, 2.24) is 19.4 Å². The minimum absolute atomic E-state index is 0.0458. The molecule has 9 nitrogen and oxygen atoms in total. The highest BCUT2D eigenvalue weighted by Gasteiger charge is 2.24. The number of halogens is 1. The summed E-state index contributed by atoms with van der Waals surface area (Å²) in [5.41, 5.74) is 1.59. The first-order valence-electron chi connectivity index (χ1n) is 13.6. The molecule has 1 saturated heterocycles. The van der Waals surface area contributed by atoms with E-state index in [1.807, 2.05) is 38.1 Å². The fourth-order valence-corrected chi connectivity index (χ4v) is 4.98. The lowest BCUT2D eigenvalue weighted by Gasteiger charge is -2.34. The molecule has 0 radical (unpaired) electrons. The summed E-state index contributed by atoms with van der Waals surface area (Å²) in [7, 11) is 0. The van der Waals surface area contributed by atoms with Crippen LogP contribution < -0.4 is 15.0 Å². The molecule has 0 aliphatic carbocycles. The molecule has 1 amide bonds. The van der Waals surface area contributed by atoms with E-state index < -0.39 is 0 Å². The smallest absolute Gasteiger partial charge is 0.266 e. The summed E-state index contributed by atoms with van der Waals surface area (Å²) in [6.07, 6.45) is -0.0843. The third kappa shape index (κ3) is 6.70. The molecule has 2 heterocycles. The first-order chi connectivity index (χ1) is 19.8. The molecule has 4 aromatic rings. The molecule has 0 atom stereocenters. The van der Waals surface area contributed by atoms with Crippen LogP contribution in [-0.4, -0.2) is 69.3 Å². The first-order valence-corrected chi connectivity index (χ1v) is 14.0. The van der Waals surface area contributed by atoms with Crippen molar-refractivity contribution in [3.05, 3.63) is 93.5 Å². The number of nitrogens with zero attached hydrogens (tertiary/aromatic N) is 4. The maximum absolute atomic E-state index is 13.9. The largest absolute Gasteiger partial charge is 0.489 e. The van der Waals surface area contributed by atoms with Crippen molar-refractivity contribution in [3.8, 4) is 17.2 Å². The van der Waals surface area contributed by atoms with Crippen molar-refractivity contribution in [2.45, 2.75) is 33.1 Å². The van der Waals surface area contributed by atoms with E-state index in [1.54, 1.807) is 51.9 Å². The Hall–Kier alpha value is -3.92. The van der Waals surface area contributed by atoms with Gasteiger partial charge in [0.15, 0.2) is 6.61 Å². The van der Waals surface area contributed by atoms with Crippen LogP contribution in [0.25, 0.3) is 16.6 Å². The normalized spacial score (nSPS) is 14.0. The molecule has 3 aromatic carbocycles. The number of carbonyl (C=O) groups excluding carboxylic acids is 1. The molecule has 1 aromatic heterocycles. The average Bonchev–Trinajstić information content (AvgIpc) is 2.97. The van der Waals surface area contributed by atoms with Gasteiger partial charge in [-0.3, -0.25) is 19.1 Å². The van der Waals surface area contributed by atoms with Gasteiger partial charge in [0.1, 0.15) is 17.3 Å². The molecule has 1 aliphatic heterocycles. The van der Waals surface area contributed by atoms with Gasteiger partial charge in [-0.25, -0.2) is 4.98 Å². The number of ether oxygens (including phenoxy) is 2. The number of aromatic nitrogens is 2. The predicted octanol–water partition coefficient (Wildman–Crippen LogP) is 4.04. The third-order valence-corrected chi connectivity index (χ3v) is 7.17. The summed E-state index contributed by atoms with van der Waals surface area (Å²) in [5, 5.41) is 10.7. The van der Waals surface area contributed by atoms with Crippen LogP contribution in [0, 0.1) is 0 Å². The molecule has 1 N–H and O–H groups in total. The van der Waals surface area contributed by atoms with E-state index in [0.29, 0.717) is 77.2 Å². The number of aliphatic hydroxyl groups excluding tert-OH is 1. The molecule has 5 rings (SSSR count). The lowest BCUT2D eigenvalue weighted by molar-refractivity contribution is -0.135. The van der Waals surface area contributed by atoms with Gasteiger partial charge in [-0.1, -0.05) is 29.8 Å². The number of rotatable bonds is 9. The van der Waals surface area contributed by atoms with E-state index >= 15 is 0 Å². The summed E-state index contributed by atoms with van der Waals surface area (Å²) >= 11 is 5.92. The summed E-state index contributed by atoms with van der Waals surface area (Å²) in [6, 6.07) is 19.6. The van der Waals surface area contributed by atoms with Gasteiger partial charge < -0.3 is 19.5 Å². The monoisotopic (exact) mass is 576 g/mol. The number of amides is 1. The molecule has 214 valence electrons. The highest BCUT2D eigenvalue weighted by atomic mass is 35.5. The van der Waals surface area contributed by atoms with Crippen LogP contribution >= 0.6 is 11.6 Å². The van der Waals surface area contributed by atoms with Crippen LogP contribution in [0.4, 0.5) is 0 Å². The van der Waals surface area contributed by atoms with Crippen LogP contribution in [0.3, 0.4) is 0 Å². The van der Waals surface area contributed by atoms with Crippen molar-refractivity contribution < 1.29 is 19.4 Å². The van der Waals surface area contributed by atoms with E-state index in [9.17, 15) is 14.7 Å². The maximum Gasteiger partial charge on any atom is 0.266 e. The van der Waals surface area contributed by atoms with Gasteiger partial charge in [0.05, 0.1) is 35.8 Å². The Balaban J connectivity index is 1.37. The lowest BCUT2D eigenvalue weighted by Crippen LogP contribution is -2.50. The number of fused-ring (bicyclic) bond motifs is 1. The van der Waals surface area contributed by atoms with Crippen LogP contribution in [0.1, 0.15) is 25.2 Å². The number of piperazine rings is 1. The van der Waals surface area contributed by atoms with E-state index in [0.717, 1.165) is 0 Å². The average molecular weight is 577 g/mol. The van der Waals surface area contributed by atoms with Gasteiger partial charge >= 0.3 is 0 Å². The number of hydrogen-bond donors (Lipinski definition) is 1. The number of hydrogen-bond acceptors (Lipinski definition) is 7. The van der Waals surface area contributed by atoms with Gasteiger partial charge in [-0.05, 0) is 67.9 Å². The number of para-hydroxylation sites is 2. The van der Waals surface area contributed by atoms with Gasteiger partial charge in [0, 0.05) is 31.2 Å². The maximum atomic E-state index is 13.9. The highest BCUT2D eigenvalue weighted by Crippen LogP contribution is 2.25. The zero-order valence-electron chi connectivity index (χ0n) is 23.1. The molecule has 0 spiro atoms. The van der Waals surface area contributed by atoms with Gasteiger partial charge in [-0.2, -0.15) is 0 Å². The van der Waals surface area contributed by atoms with Gasteiger partial charge in [-0.15, -0.1) is 0 Å². The predicted molar refractivity (Wildman–Crippen MR) is 158 cm³/mol. The Morgan fingerprint density at radius 3 is 2.46 bits per heavy atom. The SMILES string of the molecule is CC(C)Oc1ccccc1-n1c(CN2CCN(C(=O)COc3ccc(Cl)cc3)CC2)nc2ccc(CO)cc2c1=O. The zero-order valence-corrected chi connectivity index (χ0v) is 23.9. The van der Waals surface area contributed by atoms with Crippen LogP contribution in [0.15, 0.2) is 71.5 Å². The van der Waals surface area contributed by atoms with Crippen molar-refractivity contribution in [1.29, 1.82) is 0 Å². The van der Waals surface area contributed by atoms with Crippen LogP contribution in [-0.2, 0) is 17.9 Å². The molecule has 41 heavy (non-hydrogen) atoms. The van der Waals surface area contributed by atoms with Crippen LogP contribution in [0.5, 0.6) is 11.5 Å². The minimum atomic E-state index is -0.228. The summed E-state index contributed by atoms with van der Waals surface area (Å²) in [6.45, 7) is 6.38. The Morgan fingerprint density at radius 2 is 1.76 bits per heavy atom. The quantitative estimate of drug-likeness (QED) is 0.321. The highest BCUT2D eigenvalue weighted by molar-refractivity contribution is 6.30. The fraction of sp³-hybridized carbons (Fsp3) is 0.323. The standard InChI is InChI=1S/C31H33ClN4O5/c1-21(2)41-28-6-4-3-5-27(28)36-29(33-26-12-7-22(19-37)17-25(26)31(36)39)18-34-13-15-35(16-14-34)30(38)20-40-24-10-8-23(32)9-11-24/h3-12,17,21,37H,13-16,18-20H2,1-2H3. The second kappa shape index (κ2) is 12.7. The Morgan fingerprint density at radius 1 is 1.02 bits per heavy atom. The Bertz CT molecular complexity index is 1580. The molecular weight excluding hydrogens is 544 g/mol. The van der Waals surface area contributed by atoms with Crippen molar-refractivity contribution in [2.24, 2.45) is 0 Å². The summed E-state index contributed by atoms with van der Waals surface area (Å²) in [4.78, 5) is 35.6. The van der Waals surface area contributed by atoms with E-state index in [4.69, 9.17) is 26.1 Å². The molecule has 0 unspecified atom stereocenters. The molecule has 1 aliphatic rings. The number of aliphatic hydroxyl groups is 1. The number of benzene rings is 3. The van der Waals surface area contributed by atoms with Crippen LogP contribution in [0.2, 0.25) is 5.02 Å². The lowest BCUT2D eigenvalue weighted by atomic mass is 10.1. The van der Waals surface area contributed by atoms with Crippen molar-refractivity contribution >= 4 is 28.4 Å². The van der Waals surface area contributed by atoms with Crippen molar-refractivity contribution in [2.75, 3.05) is 32.8 Å². The van der Waals surface area contributed by atoms with Gasteiger partial charge in [0.2, 0.25) is 0 Å². The third-order valence-electron chi connectivity index (χ3n) is 6.92. The minimum Gasteiger partial charge on any atom is -0.489 e. The number of carbonyl (C=O) groups is 1. The zero-order chi connectivity index (χ0) is 28.9. The Labute approximate surface area is 243 Å².